The van der Waals surface area contributed by atoms with Gasteiger partial charge < -0.3 is 10.6 Å². The maximum absolute atomic E-state index is 14.0. The molecule has 0 unspecified atom stereocenters. The Morgan fingerprint density at radius 1 is 0.905 bits per heavy atom. The number of aryl methyl sites for hydroxylation is 1. The van der Waals surface area contributed by atoms with Crippen LogP contribution < -0.4 is 10.6 Å². The number of fused-ring (bicyclic) bond motifs is 2. The van der Waals surface area contributed by atoms with E-state index in [4.69, 9.17) is 16.6 Å². The molecule has 0 atom stereocenters. The Hall–Kier alpha value is -4.00. The van der Waals surface area contributed by atoms with Crippen molar-refractivity contribution in [1.82, 2.24) is 4.98 Å². The van der Waals surface area contributed by atoms with Gasteiger partial charge in [0.05, 0.1) is 22.3 Å². The van der Waals surface area contributed by atoms with Crippen LogP contribution in [0.4, 0.5) is 10.7 Å². The number of para-hydroxylation sites is 1. The van der Waals surface area contributed by atoms with Crippen LogP contribution in [0, 0.1) is 5.92 Å². The molecule has 0 spiro atoms. The molecular formula is C35H32ClN3O2S. The number of hydrogen-bond donors (Lipinski definition) is 2. The summed E-state index contributed by atoms with van der Waals surface area (Å²) in [4.78, 5) is 33.7. The van der Waals surface area contributed by atoms with Gasteiger partial charge in [-0.25, -0.2) is 4.98 Å². The number of nitrogens with zero attached hydrogens (tertiary/aromatic N) is 1. The molecule has 0 radical (unpaired) electrons. The molecule has 0 saturated carbocycles. The van der Waals surface area contributed by atoms with Crippen LogP contribution in [-0.4, -0.2) is 16.8 Å². The molecule has 2 amide bonds. The van der Waals surface area contributed by atoms with E-state index in [0.717, 1.165) is 59.8 Å². The maximum Gasteiger partial charge on any atom is 0.258 e. The van der Waals surface area contributed by atoms with Crippen LogP contribution >= 0.6 is 22.9 Å². The average Bonchev–Trinajstić information content (AvgIpc) is 3.35. The molecule has 7 heteroatoms. The van der Waals surface area contributed by atoms with E-state index in [1.807, 2.05) is 30.3 Å². The van der Waals surface area contributed by atoms with E-state index in [1.54, 1.807) is 24.3 Å². The molecule has 2 heterocycles. The van der Waals surface area contributed by atoms with Gasteiger partial charge in [0.15, 0.2) is 0 Å². The quantitative estimate of drug-likeness (QED) is 0.198. The van der Waals surface area contributed by atoms with Crippen LogP contribution in [0.2, 0.25) is 5.02 Å². The van der Waals surface area contributed by atoms with Crippen molar-refractivity contribution in [3.8, 4) is 11.3 Å². The Kier molecular flexibility index (Phi) is 8.09. The highest BCUT2D eigenvalue weighted by molar-refractivity contribution is 7.17. The topological polar surface area (TPSA) is 71.1 Å². The highest BCUT2D eigenvalue weighted by Crippen LogP contribution is 2.39. The SMILES string of the molecule is CC(C)Cc1ccc(-c2cc(C(=O)Nc3sc4c(c3C(=O)Nc3ccc(Cl)cc3)CCCC4)c3ccccc3n2)cc1. The lowest BCUT2D eigenvalue weighted by atomic mass is 9.95. The van der Waals surface area contributed by atoms with Crippen LogP contribution in [0.5, 0.6) is 0 Å². The minimum Gasteiger partial charge on any atom is -0.322 e. The zero-order chi connectivity index (χ0) is 29.2. The summed E-state index contributed by atoms with van der Waals surface area (Å²) in [7, 11) is 0. The van der Waals surface area contributed by atoms with Gasteiger partial charge in [-0.3, -0.25) is 9.59 Å². The molecular weight excluding hydrogens is 562 g/mol. The fourth-order valence-electron chi connectivity index (χ4n) is 5.59. The number of halogens is 1. The minimum atomic E-state index is -0.259. The fourth-order valence-corrected chi connectivity index (χ4v) is 6.99. The second-order valence-corrected chi connectivity index (χ2v) is 12.7. The first-order valence-corrected chi connectivity index (χ1v) is 15.6. The van der Waals surface area contributed by atoms with Crippen molar-refractivity contribution >= 4 is 56.3 Å². The first-order valence-electron chi connectivity index (χ1n) is 14.4. The van der Waals surface area contributed by atoms with Gasteiger partial charge >= 0.3 is 0 Å². The molecule has 2 N–H and O–H groups in total. The van der Waals surface area contributed by atoms with E-state index in [1.165, 1.54) is 21.8 Å². The first-order chi connectivity index (χ1) is 20.4. The number of aromatic nitrogens is 1. The van der Waals surface area contributed by atoms with E-state index in [0.29, 0.717) is 32.8 Å². The molecule has 5 aromatic rings. The van der Waals surface area contributed by atoms with E-state index in [-0.39, 0.29) is 11.8 Å². The molecule has 0 fully saturated rings. The summed E-state index contributed by atoms with van der Waals surface area (Å²) < 4.78 is 0. The number of thiophene rings is 1. The number of nitrogens with one attached hydrogen (secondary N) is 2. The zero-order valence-corrected chi connectivity index (χ0v) is 25.2. The summed E-state index contributed by atoms with van der Waals surface area (Å²) in [5.41, 5.74) is 6.49. The Balaban J connectivity index is 1.35. The van der Waals surface area contributed by atoms with Crippen molar-refractivity contribution in [3.63, 3.8) is 0 Å². The lowest BCUT2D eigenvalue weighted by Crippen LogP contribution is -2.19. The maximum atomic E-state index is 14.0. The lowest BCUT2D eigenvalue weighted by molar-refractivity contribution is 0.102. The second kappa shape index (κ2) is 12.1. The number of carbonyl (C=O) groups is 2. The van der Waals surface area contributed by atoms with E-state index < -0.39 is 0 Å². The smallest absolute Gasteiger partial charge is 0.258 e. The number of amides is 2. The monoisotopic (exact) mass is 593 g/mol. The average molecular weight is 594 g/mol. The zero-order valence-electron chi connectivity index (χ0n) is 23.7. The summed E-state index contributed by atoms with van der Waals surface area (Å²) in [6.45, 7) is 4.42. The number of pyridine rings is 1. The first kappa shape index (κ1) is 28.1. The highest BCUT2D eigenvalue weighted by atomic mass is 35.5. The van der Waals surface area contributed by atoms with Gasteiger partial charge in [-0.05, 0) is 85.5 Å². The Morgan fingerprint density at radius 3 is 2.40 bits per heavy atom. The normalized spacial score (nSPS) is 12.8. The van der Waals surface area contributed by atoms with Crippen molar-refractivity contribution in [1.29, 1.82) is 0 Å². The molecule has 2 aromatic heterocycles. The molecule has 1 aliphatic rings. The van der Waals surface area contributed by atoms with Crippen molar-refractivity contribution in [2.75, 3.05) is 10.6 Å². The van der Waals surface area contributed by atoms with Crippen molar-refractivity contribution in [3.05, 3.63) is 111 Å². The largest absolute Gasteiger partial charge is 0.322 e. The summed E-state index contributed by atoms with van der Waals surface area (Å²) in [5, 5.41) is 8.08. The highest BCUT2D eigenvalue weighted by Gasteiger charge is 2.27. The molecule has 0 bridgehead atoms. The van der Waals surface area contributed by atoms with Gasteiger partial charge in [0.2, 0.25) is 0 Å². The van der Waals surface area contributed by atoms with Crippen LogP contribution in [0.25, 0.3) is 22.2 Å². The summed E-state index contributed by atoms with van der Waals surface area (Å²) >= 11 is 7.55. The molecule has 6 rings (SSSR count). The van der Waals surface area contributed by atoms with E-state index in [2.05, 4.69) is 48.7 Å². The Labute approximate surface area is 255 Å². The van der Waals surface area contributed by atoms with Gasteiger partial charge in [0.1, 0.15) is 5.00 Å². The van der Waals surface area contributed by atoms with Crippen molar-refractivity contribution < 1.29 is 9.59 Å². The predicted octanol–water partition coefficient (Wildman–Crippen LogP) is 9.20. The Morgan fingerprint density at radius 2 is 1.64 bits per heavy atom. The summed E-state index contributed by atoms with van der Waals surface area (Å²) in [5.74, 6) is 0.0882. The van der Waals surface area contributed by atoms with Gasteiger partial charge in [-0.1, -0.05) is 67.9 Å². The fraction of sp³-hybridized carbons (Fsp3) is 0.229. The standard InChI is InChI=1S/C35H32ClN3O2S/c1-21(2)19-22-11-13-23(14-12-22)30-20-28(26-7-3-5-9-29(26)38-30)33(40)39-35-32(27-8-4-6-10-31(27)42-35)34(41)37-25-17-15-24(36)16-18-25/h3,5,7,9,11-18,20-21H,4,6,8,10,19H2,1-2H3,(H,37,41)(H,39,40). The summed E-state index contributed by atoms with van der Waals surface area (Å²) in [6, 6.07) is 25.0. The van der Waals surface area contributed by atoms with Gasteiger partial charge in [0, 0.05) is 26.5 Å². The third-order valence-electron chi connectivity index (χ3n) is 7.58. The third-order valence-corrected chi connectivity index (χ3v) is 9.04. The Bertz CT molecular complexity index is 1780. The number of benzene rings is 3. The third kappa shape index (κ3) is 5.96. The molecule has 1 aliphatic carbocycles. The van der Waals surface area contributed by atoms with Gasteiger partial charge in [-0.15, -0.1) is 11.3 Å². The van der Waals surface area contributed by atoms with Gasteiger partial charge in [-0.2, -0.15) is 0 Å². The van der Waals surface area contributed by atoms with Gasteiger partial charge in [0.25, 0.3) is 11.8 Å². The van der Waals surface area contributed by atoms with Crippen LogP contribution in [0.3, 0.4) is 0 Å². The molecule has 212 valence electrons. The van der Waals surface area contributed by atoms with Crippen LogP contribution in [0.15, 0.2) is 78.9 Å². The van der Waals surface area contributed by atoms with Crippen molar-refractivity contribution in [2.24, 2.45) is 5.92 Å². The predicted molar refractivity (Wildman–Crippen MR) is 174 cm³/mol. The number of carbonyl (C=O) groups excluding carboxylic acids is 2. The van der Waals surface area contributed by atoms with E-state index in [9.17, 15) is 9.59 Å². The molecule has 42 heavy (non-hydrogen) atoms. The second-order valence-electron chi connectivity index (χ2n) is 11.2. The van der Waals surface area contributed by atoms with Crippen molar-refractivity contribution in [2.45, 2.75) is 46.0 Å². The van der Waals surface area contributed by atoms with Crippen LogP contribution in [-0.2, 0) is 19.3 Å². The van der Waals surface area contributed by atoms with Crippen LogP contribution in [0.1, 0.15) is 63.4 Å². The molecule has 3 aromatic carbocycles. The molecule has 0 aliphatic heterocycles. The molecule has 5 nitrogen and oxygen atoms in total. The minimum absolute atomic E-state index is 0.228. The van der Waals surface area contributed by atoms with E-state index >= 15 is 0 Å². The molecule has 0 saturated heterocycles. The lowest BCUT2D eigenvalue weighted by Gasteiger charge is -2.14. The number of hydrogen-bond acceptors (Lipinski definition) is 4. The number of anilines is 2. The summed E-state index contributed by atoms with van der Waals surface area (Å²) in [6.07, 6.45) is 4.84. The number of rotatable bonds is 7.